The standard InChI is InChI=1S/C13H18ClN2O14P3/c1-3-13(14)8(6-17)10(27-11(13)16-5-4-9(18)15-12(16)19)7(2)28-32(23,24)30-33(25,26)29-31(20,21)22/h1,4-5,7-8,10-11,17H,6H2,2H3,(H,23,24)(H,25,26)(H,15,18,19)(H2,20,21,22)/t7-,8?,10-,11-,13?/m1/s1. The van der Waals surface area contributed by atoms with Gasteiger partial charge in [-0.05, 0) is 6.92 Å². The Morgan fingerprint density at radius 3 is 2.36 bits per heavy atom. The molecule has 0 aliphatic carbocycles. The van der Waals surface area contributed by atoms with Crippen LogP contribution in [-0.2, 0) is 31.6 Å². The smallest absolute Gasteiger partial charge is 0.396 e. The van der Waals surface area contributed by atoms with Crippen LogP contribution in [0.3, 0.4) is 0 Å². The molecule has 1 aliphatic rings. The summed E-state index contributed by atoms with van der Waals surface area (Å²) >= 11 is 6.44. The zero-order chi connectivity index (χ0) is 25.4. The number of nitrogens with one attached hydrogen (secondary N) is 1. The molecule has 1 aromatic heterocycles. The molecule has 2 heterocycles. The van der Waals surface area contributed by atoms with E-state index in [0.717, 1.165) is 23.8 Å². The average Bonchev–Trinajstić information content (AvgIpc) is 2.91. The molecule has 20 heteroatoms. The monoisotopic (exact) mass is 554 g/mol. The second-order valence-corrected chi connectivity index (χ2v) is 11.6. The topological polar surface area (TPSA) is 244 Å². The number of H-pyrrole nitrogens is 1. The normalized spacial score (nSPS) is 30.2. The molecule has 0 bridgehead atoms. The van der Waals surface area contributed by atoms with Gasteiger partial charge in [-0.25, -0.2) is 18.5 Å². The van der Waals surface area contributed by atoms with Crippen molar-refractivity contribution in [3.8, 4) is 12.3 Å². The lowest BCUT2D eigenvalue weighted by Crippen LogP contribution is -2.43. The molecule has 7 atom stereocenters. The van der Waals surface area contributed by atoms with Gasteiger partial charge in [-0.3, -0.25) is 18.9 Å². The zero-order valence-corrected chi connectivity index (χ0v) is 19.8. The number of halogens is 1. The Hall–Kier alpha value is -1.14. The highest BCUT2D eigenvalue weighted by Crippen LogP contribution is 2.67. The molecule has 1 saturated heterocycles. The average molecular weight is 555 g/mol. The number of nitrogens with zero attached hydrogens (tertiary/aromatic N) is 1. The molecule has 0 radical (unpaired) electrons. The molecule has 0 spiro atoms. The van der Waals surface area contributed by atoms with Gasteiger partial charge in [0, 0.05) is 18.2 Å². The molecule has 16 nitrogen and oxygen atoms in total. The lowest BCUT2D eigenvalue weighted by Gasteiger charge is -2.28. The maximum atomic E-state index is 12.2. The number of ether oxygens (including phenoxy) is 1. The minimum atomic E-state index is -5.78. The first-order chi connectivity index (χ1) is 14.9. The summed E-state index contributed by atoms with van der Waals surface area (Å²) in [7, 11) is -16.9. The predicted octanol–water partition coefficient (Wildman–Crippen LogP) is -0.615. The van der Waals surface area contributed by atoms with Crippen LogP contribution in [0.2, 0.25) is 0 Å². The van der Waals surface area contributed by atoms with E-state index in [0.29, 0.717) is 0 Å². The first-order valence-electron chi connectivity index (χ1n) is 8.51. The predicted molar refractivity (Wildman–Crippen MR) is 108 cm³/mol. The Morgan fingerprint density at radius 2 is 1.88 bits per heavy atom. The van der Waals surface area contributed by atoms with Crippen LogP contribution in [0.1, 0.15) is 13.2 Å². The van der Waals surface area contributed by atoms with Gasteiger partial charge in [0.2, 0.25) is 0 Å². The Bertz CT molecular complexity index is 1190. The van der Waals surface area contributed by atoms with Gasteiger partial charge in [-0.2, -0.15) is 8.62 Å². The Kier molecular flexibility index (Phi) is 8.39. The molecule has 186 valence electrons. The lowest BCUT2D eigenvalue weighted by molar-refractivity contribution is -0.0666. The van der Waals surface area contributed by atoms with Crippen molar-refractivity contribution in [2.45, 2.75) is 30.2 Å². The van der Waals surface area contributed by atoms with Crippen molar-refractivity contribution in [3.05, 3.63) is 33.1 Å². The van der Waals surface area contributed by atoms with Gasteiger partial charge in [0.1, 0.15) is 0 Å². The number of alkyl halides is 1. The third kappa shape index (κ3) is 6.72. The second-order valence-electron chi connectivity index (χ2n) is 6.57. The van der Waals surface area contributed by atoms with Gasteiger partial charge in [0.25, 0.3) is 5.56 Å². The van der Waals surface area contributed by atoms with E-state index >= 15 is 0 Å². The zero-order valence-electron chi connectivity index (χ0n) is 16.3. The maximum Gasteiger partial charge on any atom is 0.490 e. The number of aliphatic hydroxyl groups excluding tert-OH is 1. The highest BCUT2D eigenvalue weighted by atomic mass is 35.5. The van der Waals surface area contributed by atoms with Crippen LogP contribution in [0.4, 0.5) is 0 Å². The molecular formula is C13H18ClN2O14P3. The Morgan fingerprint density at radius 1 is 1.27 bits per heavy atom. The molecule has 2 rings (SSSR count). The lowest BCUT2D eigenvalue weighted by atomic mass is 9.87. The van der Waals surface area contributed by atoms with E-state index in [9.17, 15) is 38.2 Å². The first kappa shape index (κ1) is 28.1. The number of aromatic nitrogens is 2. The van der Waals surface area contributed by atoms with Gasteiger partial charge in [0.15, 0.2) is 11.1 Å². The number of hydrogen-bond acceptors (Lipinski definition) is 10. The highest BCUT2D eigenvalue weighted by molar-refractivity contribution is 7.66. The summed E-state index contributed by atoms with van der Waals surface area (Å²) in [6.07, 6.45) is 1.92. The third-order valence-electron chi connectivity index (χ3n) is 4.28. The van der Waals surface area contributed by atoms with Crippen molar-refractivity contribution in [2.24, 2.45) is 5.92 Å². The number of aromatic amines is 1. The molecule has 6 N–H and O–H groups in total. The minimum Gasteiger partial charge on any atom is -0.396 e. The number of phosphoric ester groups is 1. The van der Waals surface area contributed by atoms with E-state index in [4.69, 9.17) is 37.1 Å². The van der Waals surface area contributed by atoms with Crippen molar-refractivity contribution in [1.29, 1.82) is 0 Å². The third-order valence-corrected chi connectivity index (χ3v) is 8.78. The van der Waals surface area contributed by atoms with E-state index < -0.39 is 70.6 Å². The van der Waals surface area contributed by atoms with E-state index in [-0.39, 0.29) is 0 Å². The maximum absolute atomic E-state index is 12.2. The summed E-state index contributed by atoms with van der Waals surface area (Å²) < 4.78 is 52.7. The fraction of sp³-hybridized carbons (Fsp3) is 0.538. The molecular weight excluding hydrogens is 537 g/mol. The molecule has 1 fully saturated rings. The molecule has 0 aromatic carbocycles. The minimum absolute atomic E-state index is 0.744. The van der Waals surface area contributed by atoms with Crippen LogP contribution in [-0.4, -0.2) is 57.9 Å². The summed E-state index contributed by atoms with van der Waals surface area (Å²) in [6.45, 7) is 0.286. The van der Waals surface area contributed by atoms with Crippen molar-refractivity contribution in [2.75, 3.05) is 6.61 Å². The second kappa shape index (κ2) is 9.85. The van der Waals surface area contributed by atoms with Gasteiger partial charge >= 0.3 is 29.2 Å². The molecule has 33 heavy (non-hydrogen) atoms. The fourth-order valence-electron chi connectivity index (χ4n) is 3.07. The van der Waals surface area contributed by atoms with E-state index in [2.05, 4.69) is 14.5 Å². The molecule has 0 amide bonds. The van der Waals surface area contributed by atoms with Crippen molar-refractivity contribution in [3.63, 3.8) is 0 Å². The van der Waals surface area contributed by atoms with Crippen molar-refractivity contribution < 1.29 is 56.3 Å². The number of terminal acetylenes is 1. The molecule has 1 aromatic rings. The van der Waals surface area contributed by atoms with Crippen LogP contribution in [0.25, 0.3) is 0 Å². The SMILES string of the molecule is C#CC1(Cl)C(CO)[C@@H]([C@@H](C)OP(=O)(O)OP(=O)(O)OP(=O)(O)O)O[C@H]1n1ccc(=O)[nH]c1=O. The van der Waals surface area contributed by atoms with E-state index in [1.54, 1.807) is 0 Å². The molecule has 0 saturated carbocycles. The van der Waals surface area contributed by atoms with Gasteiger partial charge < -0.3 is 29.4 Å². The van der Waals surface area contributed by atoms with Gasteiger partial charge in [-0.15, -0.1) is 6.42 Å². The Labute approximate surface area is 189 Å². The molecule has 1 aliphatic heterocycles. The first-order valence-corrected chi connectivity index (χ1v) is 13.4. The fourth-order valence-corrected chi connectivity index (χ4v) is 6.62. The number of rotatable bonds is 9. The van der Waals surface area contributed by atoms with Crippen LogP contribution < -0.4 is 11.2 Å². The summed E-state index contributed by atoms with van der Waals surface area (Å²) in [5, 5.41) is 9.83. The summed E-state index contributed by atoms with van der Waals surface area (Å²) in [6, 6.07) is 0.954. The van der Waals surface area contributed by atoms with Crippen LogP contribution in [0.15, 0.2) is 21.9 Å². The summed E-state index contributed by atoms with van der Waals surface area (Å²) in [4.78, 5) is 59.6. The Balaban J connectivity index is 2.33. The summed E-state index contributed by atoms with van der Waals surface area (Å²) in [5.74, 6) is 0.894. The van der Waals surface area contributed by atoms with Crippen LogP contribution in [0, 0.1) is 18.3 Å². The van der Waals surface area contributed by atoms with Crippen molar-refractivity contribution in [1.82, 2.24) is 9.55 Å². The number of aliphatic hydroxyl groups is 1. The van der Waals surface area contributed by atoms with Gasteiger partial charge in [0.05, 0.1) is 18.8 Å². The van der Waals surface area contributed by atoms with E-state index in [1.165, 1.54) is 0 Å². The van der Waals surface area contributed by atoms with Crippen LogP contribution in [0.5, 0.6) is 0 Å². The number of hydrogen-bond donors (Lipinski definition) is 6. The van der Waals surface area contributed by atoms with Crippen LogP contribution >= 0.6 is 35.1 Å². The molecule has 4 unspecified atom stereocenters. The quantitative estimate of drug-likeness (QED) is 0.127. The van der Waals surface area contributed by atoms with Gasteiger partial charge in [-0.1, -0.05) is 17.5 Å². The highest BCUT2D eigenvalue weighted by Gasteiger charge is 2.58. The number of phosphoric acid groups is 3. The summed E-state index contributed by atoms with van der Waals surface area (Å²) in [5.41, 5.74) is -1.72. The largest absolute Gasteiger partial charge is 0.490 e. The van der Waals surface area contributed by atoms with Crippen molar-refractivity contribution >= 4 is 35.1 Å². The van der Waals surface area contributed by atoms with E-state index in [1.807, 2.05) is 4.98 Å².